The molecule has 0 radical (unpaired) electrons. The van der Waals surface area contributed by atoms with Gasteiger partial charge >= 0.3 is 13.8 Å². The molecule has 0 aromatic heterocycles. The molecule has 0 aromatic carbocycles. The second-order valence-corrected chi connectivity index (χ2v) is 19.4. The first-order valence-corrected chi connectivity index (χ1v) is 20.6. The van der Waals surface area contributed by atoms with Gasteiger partial charge in [0, 0.05) is 6.42 Å². The molecule has 0 aliphatic heterocycles. The lowest BCUT2D eigenvalue weighted by Crippen LogP contribution is -2.54. The summed E-state index contributed by atoms with van der Waals surface area (Å²) in [4.78, 5) is 22.6. The number of quaternary nitrogens is 1. The van der Waals surface area contributed by atoms with E-state index < -0.39 is 7.82 Å². The Morgan fingerprint density at radius 1 is 0.913 bits per heavy atom. The fourth-order valence-corrected chi connectivity index (χ4v) is 11.8. The number of hydrogen-bond acceptors (Lipinski definition) is 5. The second-order valence-electron chi connectivity index (χ2n) is 18.0. The number of phosphoric ester groups is 1. The minimum Gasteiger partial charge on any atom is -0.462 e. The van der Waals surface area contributed by atoms with Crippen molar-refractivity contribution in [3.8, 4) is 0 Å². The topological polar surface area (TPSA) is 82.1 Å². The van der Waals surface area contributed by atoms with Gasteiger partial charge in [-0.05, 0) is 129 Å². The lowest BCUT2D eigenvalue weighted by molar-refractivity contribution is -0.870. The van der Waals surface area contributed by atoms with Crippen LogP contribution in [-0.4, -0.2) is 62.4 Å². The van der Waals surface area contributed by atoms with Crippen LogP contribution in [0.1, 0.15) is 131 Å². The van der Waals surface area contributed by atoms with E-state index in [0.29, 0.717) is 34.2 Å². The van der Waals surface area contributed by atoms with Gasteiger partial charge in [-0.3, -0.25) is 13.8 Å². The molecule has 8 heteroatoms. The van der Waals surface area contributed by atoms with Gasteiger partial charge in [-0.2, -0.15) is 0 Å². The zero-order chi connectivity index (χ0) is 33.9. The van der Waals surface area contributed by atoms with E-state index in [-0.39, 0.29) is 31.7 Å². The molecular weight excluding hydrogens is 597 g/mol. The third-order valence-corrected chi connectivity index (χ3v) is 14.9. The molecule has 7 nitrogen and oxygen atoms in total. The molecule has 0 spiro atoms. The highest BCUT2D eigenvalue weighted by molar-refractivity contribution is 7.47. The average molecular weight is 669 g/mol. The van der Waals surface area contributed by atoms with Gasteiger partial charge in [-0.15, -0.1) is 0 Å². The Bertz CT molecular complexity index is 1040. The van der Waals surface area contributed by atoms with E-state index in [4.69, 9.17) is 13.8 Å². The zero-order valence-corrected chi connectivity index (χ0v) is 32.0. The number of likely N-dealkylation sites (N-methyl/N-ethyl adjacent to an activating group) is 1. The molecule has 0 bridgehead atoms. The Labute approximate surface area is 282 Å². The van der Waals surface area contributed by atoms with E-state index in [2.05, 4.69) is 41.5 Å². The molecule has 11 atom stereocenters. The van der Waals surface area contributed by atoms with E-state index in [9.17, 15) is 14.3 Å². The maximum absolute atomic E-state index is 12.7. The number of phosphoric acid groups is 1. The van der Waals surface area contributed by atoms with Crippen molar-refractivity contribution >= 4 is 13.8 Å². The Balaban J connectivity index is 1.23. The predicted octanol–water partition coefficient (Wildman–Crippen LogP) is 9.28. The summed E-state index contributed by atoms with van der Waals surface area (Å²) in [6.07, 6.45) is 16.0. The summed E-state index contributed by atoms with van der Waals surface area (Å²) in [5.41, 5.74) is 0.881. The fraction of sp³-hybridized carbons (Fsp3) is 0.974. The maximum Gasteiger partial charge on any atom is 0.472 e. The first-order chi connectivity index (χ1) is 21.5. The molecule has 46 heavy (non-hydrogen) atoms. The van der Waals surface area contributed by atoms with E-state index in [1.165, 1.54) is 57.8 Å². The Morgan fingerprint density at radius 3 is 2.26 bits per heavy atom. The van der Waals surface area contributed by atoms with Gasteiger partial charge in [0.05, 0.1) is 27.7 Å². The number of fused-ring (bicyclic) bond motifs is 5. The highest BCUT2D eigenvalue weighted by Gasteiger charge is 2.60. The van der Waals surface area contributed by atoms with Crippen LogP contribution in [-0.2, 0) is 23.1 Å². The molecule has 1 N–H and O–H groups in total. The monoisotopic (exact) mass is 669 g/mol. The summed E-state index contributed by atoms with van der Waals surface area (Å²) in [7, 11) is 1.86. The molecule has 4 fully saturated rings. The van der Waals surface area contributed by atoms with Crippen LogP contribution in [0.15, 0.2) is 0 Å². The molecule has 0 saturated heterocycles. The summed E-state index contributed by atoms with van der Waals surface area (Å²) in [6, 6.07) is 0. The quantitative estimate of drug-likeness (QED) is 0.0764. The van der Waals surface area contributed by atoms with Crippen LogP contribution in [0.2, 0.25) is 0 Å². The largest absolute Gasteiger partial charge is 0.472 e. The molecule has 0 amide bonds. The number of nitrogens with zero attached hydrogens (tertiary/aromatic N) is 1. The van der Waals surface area contributed by atoms with Crippen molar-refractivity contribution in [3.05, 3.63) is 0 Å². The van der Waals surface area contributed by atoms with E-state index in [1.54, 1.807) is 0 Å². The number of carbonyl (C=O) groups excluding carboxylic acids is 1. The lowest BCUT2D eigenvalue weighted by atomic mass is 9.44. The van der Waals surface area contributed by atoms with Gasteiger partial charge in [-0.25, -0.2) is 4.57 Å². The van der Waals surface area contributed by atoms with Crippen molar-refractivity contribution < 1.29 is 32.5 Å². The van der Waals surface area contributed by atoms with E-state index in [0.717, 1.165) is 60.7 Å². The Morgan fingerprint density at radius 2 is 1.59 bits per heavy atom. The van der Waals surface area contributed by atoms with Crippen molar-refractivity contribution in [3.63, 3.8) is 0 Å². The number of carbonyl (C=O) groups is 1. The van der Waals surface area contributed by atoms with Gasteiger partial charge in [0.1, 0.15) is 19.3 Å². The molecule has 4 aliphatic carbocycles. The lowest BCUT2D eigenvalue weighted by Gasteiger charge is -2.61. The van der Waals surface area contributed by atoms with Crippen molar-refractivity contribution in [1.29, 1.82) is 0 Å². The normalized spacial score (nSPS) is 37.1. The second kappa shape index (κ2) is 15.6. The molecule has 268 valence electrons. The van der Waals surface area contributed by atoms with Crippen LogP contribution in [0, 0.1) is 58.2 Å². The van der Waals surface area contributed by atoms with Crippen molar-refractivity contribution in [2.45, 2.75) is 138 Å². The molecule has 3 unspecified atom stereocenters. The molecule has 4 aliphatic rings. The number of hydrogen-bond donors (Lipinski definition) is 1. The van der Waals surface area contributed by atoms with Gasteiger partial charge in [0.15, 0.2) is 0 Å². The van der Waals surface area contributed by atoms with E-state index >= 15 is 0 Å². The molecule has 0 heterocycles. The van der Waals surface area contributed by atoms with Gasteiger partial charge in [0.2, 0.25) is 0 Å². The van der Waals surface area contributed by atoms with Crippen LogP contribution in [0.4, 0.5) is 0 Å². The van der Waals surface area contributed by atoms with Crippen LogP contribution < -0.4 is 0 Å². The smallest absolute Gasteiger partial charge is 0.462 e. The first kappa shape index (κ1) is 38.3. The number of rotatable bonds is 16. The highest BCUT2D eigenvalue weighted by atomic mass is 31.2. The van der Waals surface area contributed by atoms with Crippen molar-refractivity contribution in [2.75, 3.05) is 40.9 Å². The van der Waals surface area contributed by atoms with Crippen LogP contribution in [0.5, 0.6) is 0 Å². The molecule has 4 saturated carbocycles. The average Bonchev–Trinajstić information content (AvgIpc) is 3.32. The predicted molar refractivity (Wildman–Crippen MR) is 186 cm³/mol. The number of esters is 1. The SMILES string of the molecule is CC[C@H](CC[C@@H](C)[C@H]1CC[C@H]2[C@@H]3CCC4CC(OC(=O)CCCOP(=O)(O)OCC[N+](C)(C)C)CC[C@]4(C)[C@H]3CC[C@]12C)C(C)C. The highest BCUT2D eigenvalue weighted by Crippen LogP contribution is 2.68. The Hall–Kier alpha value is -0.460. The zero-order valence-electron chi connectivity index (χ0n) is 31.1. The maximum atomic E-state index is 12.7. The molecular formula is C38H71NO6P+. The minimum absolute atomic E-state index is 0.00138. The summed E-state index contributed by atoms with van der Waals surface area (Å²) >= 11 is 0. The number of ether oxygens (including phenoxy) is 1. The Kier molecular flexibility index (Phi) is 13.0. The van der Waals surface area contributed by atoms with Crippen LogP contribution in [0.3, 0.4) is 0 Å². The third-order valence-electron chi connectivity index (χ3n) is 13.9. The van der Waals surface area contributed by atoms with Gasteiger partial charge in [0.25, 0.3) is 0 Å². The summed E-state index contributed by atoms with van der Waals surface area (Å²) in [5, 5.41) is 0. The van der Waals surface area contributed by atoms with E-state index in [1.807, 2.05) is 21.1 Å². The van der Waals surface area contributed by atoms with Gasteiger partial charge < -0.3 is 14.1 Å². The third kappa shape index (κ3) is 9.20. The standard InChI is InChI=1S/C38H70NO6P/c1-10-29(27(2)3)14-13-28(4)33-17-18-34-32-16-15-30-26-31(19-21-37(30,5)35(32)20-22-38(33,34)6)45-36(40)12-11-24-43-46(41,42)44-25-23-39(7,8)9/h27-35H,10-26H2,1-9H3/p+1/t28-,29-,30?,31?,32+,33-,34+,35+,37+,38-/m1/s1. The fourth-order valence-electron chi connectivity index (χ4n) is 11.1. The van der Waals surface area contributed by atoms with Crippen LogP contribution >= 0.6 is 7.82 Å². The van der Waals surface area contributed by atoms with Crippen molar-refractivity contribution in [1.82, 2.24) is 0 Å². The molecule has 4 rings (SSSR count). The summed E-state index contributed by atoms with van der Waals surface area (Å²) in [6.45, 7) is 15.8. The van der Waals surface area contributed by atoms with Crippen LogP contribution in [0.25, 0.3) is 0 Å². The summed E-state index contributed by atoms with van der Waals surface area (Å²) in [5.74, 6) is 6.38. The first-order valence-electron chi connectivity index (χ1n) is 19.1. The minimum atomic E-state index is -4.10. The van der Waals surface area contributed by atoms with Gasteiger partial charge in [-0.1, -0.05) is 54.4 Å². The summed E-state index contributed by atoms with van der Waals surface area (Å²) < 4.78 is 28.9. The molecule has 0 aromatic rings. The van der Waals surface area contributed by atoms with Crippen molar-refractivity contribution in [2.24, 2.45) is 58.2 Å².